The van der Waals surface area contributed by atoms with Crippen LogP contribution >= 0.6 is 0 Å². The fraction of sp³-hybridized carbons (Fsp3) is 0.476. The number of hydrogen-bond acceptors (Lipinski definition) is 7. The van der Waals surface area contributed by atoms with Crippen molar-refractivity contribution < 1.29 is 23.7 Å². The highest BCUT2D eigenvalue weighted by molar-refractivity contribution is 5.98. The van der Waals surface area contributed by atoms with Gasteiger partial charge in [0.05, 0.1) is 26.9 Å². The number of methoxy groups -OCH3 is 3. The van der Waals surface area contributed by atoms with Crippen LogP contribution in [-0.2, 0) is 0 Å². The number of piperidine rings is 1. The fourth-order valence-corrected chi connectivity index (χ4v) is 3.53. The summed E-state index contributed by atoms with van der Waals surface area (Å²) in [6.45, 7) is 4.94. The lowest BCUT2D eigenvalue weighted by atomic mass is 10.1. The third-order valence-corrected chi connectivity index (χ3v) is 4.89. The fourth-order valence-electron chi connectivity index (χ4n) is 3.53. The van der Waals surface area contributed by atoms with Crippen LogP contribution in [0.5, 0.6) is 23.1 Å². The molecule has 0 saturated carbocycles. The average Bonchev–Trinajstić information content (AvgIpc) is 2.71. The molecule has 1 aliphatic heterocycles. The minimum atomic E-state index is -0.102. The summed E-state index contributed by atoms with van der Waals surface area (Å²) in [5.41, 5.74) is 1.33. The Labute approximate surface area is 170 Å². The van der Waals surface area contributed by atoms with Crippen molar-refractivity contribution in [3.8, 4) is 23.1 Å². The number of benzene rings is 1. The molecule has 0 spiro atoms. The summed E-state index contributed by atoms with van der Waals surface area (Å²) in [5.74, 6) is 2.48. The Morgan fingerprint density at radius 3 is 2.28 bits per heavy atom. The normalized spacial score (nSPS) is 14.4. The SMILES string of the molecule is COc1ccc(C(=O)N2CCC(Oc3cc(C)nc(C)n3)CC2)c(OC)c1OC. The number of carbonyl (C=O) groups is 1. The smallest absolute Gasteiger partial charge is 0.257 e. The summed E-state index contributed by atoms with van der Waals surface area (Å²) in [7, 11) is 4.58. The second-order valence-corrected chi connectivity index (χ2v) is 6.89. The van der Waals surface area contributed by atoms with Gasteiger partial charge in [-0.05, 0) is 26.0 Å². The van der Waals surface area contributed by atoms with Gasteiger partial charge in [-0.25, -0.2) is 4.98 Å². The first-order chi connectivity index (χ1) is 14.0. The Bertz CT molecular complexity index is 859. The zero-order chi connectivity index (χ0) is 21.0. The monoisotopic (exact) mass is 401 g/mol. The van der Waals surface area contributed by atoms with Gasteiger partial charge in [0.2, 0.25) is 11.6 Å². The molecule has 0 atom stereocenters. The van der Waals surface area contributed by atoms with Gasteiger partial charge in [0, 0.05) is 37.7 Å². The highest BCUT2D eigenvalue weighted by atomic mass is 16.5. The number of aromatic nitrogens is 2. The van der Waals surface area contributed by atoms with Crippen molar-refractivity contribution >= 4 is 5.91 Å². The molecule has 1 fully saturated rings. The highest BCUT2D eigenvalue weighted by Crippen LogP contribution is 2.40. The van der Waals surface area contributed by atoms with Crippen molar-refractivity contribution in [3.63, 3.8) is 0 Å². The number of nitrogens with zero attached hydrogens (tertiary/aromatic N) is 3. The number of carbonyl (C=O) groups excluding carboxylic acids is 1. The lowest BCUT2D eigenvalue weighted by Gasteiger charge is -2.32. The molecule has 2 aromatic rings. The maximum Gasteiger partial charge on any atom is 0.257 e. The minimum absolute atomic E-state index is 0.0139. The third-order valence-electron chi connectivity index (χ3n) is 4.89. The highest BCUT2D eigenvalue weighted by Gasteiger charge is 2.28. The van der Waals surface area contributed by atoms with Crippen LogP contribution in [0.15, 0.2) is 18.2 Å². The van der Waals surface area contributed by atoms with E-state index in [1.807, 2.05) is 19.9 Å². The molecule has 0 aliphatic carbocycles. The number of hydrogen-bond donors (Lipinski definition) is 0. The van der Waals surface area contributed by atoms with Gasteiger partial charge in [-0.2, -0.15) is 4.98 Å². The zero-order valence-electron chi connectivity index (χ0n) is 17.5. The molecular weight excluding hydrogens is 374 g/mol. The Balaban J connectivity index is 1.69. The van der Waals surface area contributed by atoms with Crippen molar-refractivity contribution in [2.75, 3.05) is 34.4 Å². The number of aryl methyl sites for hydroxylation is 2. The first kappa shape index (κ1) is 20.7. The molecule has 1 amide bonds. The van der Waals surface area contributed by atoms with E-state index in [1.54, 1.807) is 24.1 Å². The van der Waals surface area contributed by atoms with Crippen molar-refractivity contribution in [3.05, 3.63) is 35.3 Å². The molecule has 1 aromatic carbocycles. The van der Waals surface area contributed by atoms with E-state index in [4.69, 9.17) is 18.9 Å². The van der Waals surface area contributed by atoms with Crippen molar-refractivity contribution in [2.45, 2.75) is 32.8 Å². The van der Waals surface area contributed by atoms with Gasteiger partial charge in [0.15, 0.2) is 11.5 Å². The Morgan fingerprint density at radius 1 is 1.00 bits per heavy atom. The summed E-state index contributed by atoms with van der Waals surface area (Å²) >= 11 is 0. The number of likely N-dealkylation sites (tertiary alicyclic amines) is 1. The minimum Gasteiger partial charge on any atom is -0.493 e. The van der Waals surface area contributed by atoms with Crippen LogP contribution in [0.25, 0.3) is 0 Å². The standard InChI is InChI=1S/C21H27N3O5/c1-13-12-18(23-14(2)22-13)29-15-8-10-24(11-9-15)21(25)16-6-7-17(26-3)20(28-5)19(16)27-4/h6-7,12,15H,8-11H2,1-5H3. The topological polar surface area (TPSA) is 83.0 Å². The number of amides is 1. The molecule has 0 bridgehead atoms. The molecule has 29 heavy (non-hydrogen) atoms. The second-order valence-electron chi connectivity index (χ2n) is 6.89. The maximum absolute atomic E-state index is 13.1. The van der Waals surface area contributed by atoms with Crippen LogP contribution in [0.1, 0.15) is 34.7 Å². The number of rotatable bonds is 6. The molecule has 8 nitrogen and oxygen atoms in total. The van der Waals surface area contributed by atoms with E-state index in [2.05, 4.69) is 9.97 Å². The Morgan fingerprint density at radius 2 is 1.69 bits per heavy atom. The average molecular weight is 401 g/mol. The predicted octanol–water partition coefficient (Wildman–Crippen LogP) is 2.80. The second kappa shape index (κ2) is 8.98. The predicted molar refractivity (Wildman–Crippen MR) is 107 cm³/mol. The molecular formula is C21H27N3O5. The van der Waals surface area contributed by atoms with Crippen LogP contribution in [0, 0.1) is 13.8 Å². The van der Waals surface area contributed by atoms with Crippen molar-refractivity contribution in [1.29, 1.82) is 0 Å². The summed E-state index contributed by atoms with van der Waals surface area (Å²) < 4.78 is 22.1. The molecule has 2 heterocycles. The van der Waals surface area contributed by atoms with Crippen LogP contribution in [0.3, 0.4) is 0 Å². The van der Waals surface area contributed by atoms with Gasteiger partial charge in [-0.15, -0.1) is 0 Å². The van der Waals surface area contributed by atoms with Crippen molar-refractivity contribution in [2.24, 2.45) is 0 Å². The van der Waals surface area contributed by atoms with Gasteiger partial charge in [-0.1, -0.05) is 0 Å². The van der Waals surface area contributed by atoms with Gasteiger partial charge in [-0.3, -0.25) is 4.79 Å². The lowest BCUT2D eigenvalue weighted by molar-refractivity contribution is 0.0584. The van der Waals surface area contributed by atoms with Gasteiger partial charge in [0.25, 0.3) is 5.91 Å². The van der Waals surface area contributed by atoms with Crippen LogP contribution < -0.4 is 18.9 Å². The summed E-state index contributed by atoms with van der Waals surface area (Å²) in [6.07, 6.45) is 1.47. The molecule has 3 rings (SSSR count). The summed E-state index contributed by atoms with van der Waals surface area (Å²) in [4.78, 5) is 23.5. The van der Waals surface area contributed by atoms with Crippen LogP contribution in [-0.4, -0.2) is 61.3 Å². The van der Waals surface area contributed by atoms with Crippen LogP contribution in [0.2, 0.25) is 0 Å². The first-order valence-corrected chi connectivity index (χ1v) is 9.54. The summed E-state index contributed by atoms with van der Waals surface area (Å²) in [6, 6.07) is 5.25. The zero-order valence-corrected chi connectivity index (χ0v) is 17.5. The molecule has 1 aromatic heterocycles. The summed E-state index contributed by atoms with van der Waals surface area (Å²) in [5, 5.41) is 0. The first-order valence-electron chi connectivity index (χ1n) is 9.54. The largest absolute Gasteiger partial charge is 0.493 e. The van der Waals surface area contributed by atoms with E-state index in [9.17, 15) is 4.79 Å². The molecule has 156 valence electrons. The maximum atomic E-state index is 13.1. The molecule has 1 aliphatic rings. The van der Waals surface area contributed by atoms with Gasteiger partial charge in [0.1, 0.15) is 11.9 Å². The molecule has 8 heteroatoms. The number of ether oxygens (including phenoxy) is 4. The van der Waals surface area contributed by atoms with Gasteiger partial charge < -0.3 is 23.8 Å². The van der Waals surface area contributed by atoms with E-state index >= 15 is 0 Å². The molecule has 0 N–H and O–H groups in total. The van der Waals surface area contributed by atoms with Crippen molar-refractivity contribution in [1.82, 2.24) is 14.9 Å². The quantitative estimate of drug-likeness (QED) is 0.736. The van der Waals surface area contributed by atoms with Crippen LogP contribution in [0.4, 0.5) is 0 Å². The molecule has 1 saturated heterocycles. The Hall–Kier alpha value is -3.03. The Kier molecular flexibility index (Phi) is 6.41. The molecule has 0 unspecified atom stereocenters. The van der Waals surface area contributed by atoms with E-state index < -0.39 is 0 Å². The van der Waals surface area contributed by atoms with E-state index in [1.165, 1.54) is 14.2 Å². The van der Waals surface area contributed by atoms with E-state index in [0.717, 1.165) is 18.5 Å². The lowest BCUT2D eigenvalue weighted by Crippen LogP contribution is -2.42. The van der Waals surface area contributed by atoms with Gasteiger partial charge >= 0.3 is 0 Å². The molecule has 0 radical (unpaired) electrons. The van der Waals surface area contributed by atoms with E-state index in [0.29, 0.717) is 47.6 Å². The third kappa shape index (κ3) is 4.52. The van der Waals surface area contributed by atoms with E-state index in [-0.39, 0.29) is 12.0 Å².